The second-order valence-electron chi connectivity index (χ2n) is 6.21. The maximum atomic E-state index is 10.5. The number of carboxylic acids is 1. The topological polar surface area (TPSA) is 87.6 Å². The minimum atomic E-state index is -1.00. The van der Waals surface area contributed by atoms with Gasteiger partial charge >= 0.3 is 5.97 Å². The average Bonchev–Trinajstić information content (AvgIpc) is 3.08. The van der Waals surface area contributed by atoms with E-state index in [1.165, 1.54) is 11.6 Å². The van der Waals surface area contributed by atoms with Crippen LogP contribution in [0.1, 0.15) is 17.7 Å². The molecule has 136 valence electrons. The molecule has 1 saturated heterocycles. The fourth-order valence-corrected chi connectivity index (χ4v) is 2.99. The van der Waals surface area contributed by atoms with Gasteiger partial charge in [0.1, 0.15) is 11.6 Å². The number of carbonyl (C=O) groups is 1. The molecule has 1 aromatic heterocycles. The average molecular weight is 354 g/mol. The molecule has 7 nitrogen and oxygen atoms in total. The zero-order valence-electron chi connectivity index (χ0n) is 14.6. The summed E-state index contributed by atoms with van der Waals surface area (Å²) in [5, 5.41) is 12.0. The lowest BCUT2D eigenvalue weighted by Crippen LogP contribution is -2.26. The van der Waals surface area contributed by atoms with Gasteiger partial charge in [-0.3, -0.25) is 9.88 Å². The minimum absolute atomic E-state index is 0.315. The Labute approximate surface area is 152 Å². The number of hydrogen-bond donors (Lipinski definition) is 2. The van der Waals surface area contributed by atoms with Crippen LogP contribution in [-0.2, 0) is 11.3 Å². The second kappa shape index (κ2) is 8.44. The van der Waals surface area contributed by atoms with Crippen molar-refractivity contribution >= 4 is 17.9 Å². The van der Waals surface area contributed by atoms with Gasteiger partial charge in [-0.1, -0.05) is 12.1 Å². The van der Waals surface area contributed by atoms with E-state index in [0.29, 0.717) is 17.6 Å². The standard InChI is InChI=1S/C19H22N4O3/c1-26-17-4-2-3-14(9-17)12-23-8-7-16(13-23)22-18-11-20-15(10-21-18)5-6-19(24)25/h2-6,9-11,16H,7-8,12-13H2,1H3,(H,21,22)(H,24,25)/t16-/m1/s1. The van der Waals surface area contributed by atoms with E-state index in [2.05, 4.69) is 32.3 Å². The summed E-state index contributed by atoms with van der Waals surface area (Å²) < 4.78 is 5.28. The number of aromatic nitrogens is 2. The van der Waals surface area contributed by atoms with E-state index in [1.807, 2.05) is 12.1 Å². The maximum Gasteiger partial charge on any atom is 0.328 e. The highest BCUT2D eigenvalue weighted by molar-refractivity contribution is 5.84. The van der Waals surface area contributed by atoms with Crippen LogP contribution in [0.5, 0.6) is 5.75 Å². The second-order valence-corrected chi connectivity index (χ2v) is 6.21. The van der Waals surface area contributed by atoms with Crippen molar-refractivity contribution in [3.8, 4) is 5.75 Å². The van der Waals surface area contributed by atoms with Crippen LogP contribution in [0.3, 0.4) is 0 Å². The van der Waals surface area contributed by atoms with Crippen molar-refractivity contribution in [1.29, 1.82) is 0 Å². The quantitative estimate of drug-likeness (QED) is 0.738. The summed E-state index contributed by atoms with van der Waals surface area (Å²) >= 11 is 0. The van der Waals surface area contributed by atoms with E-state index >= 15 is 0 Å². The van der Waals surface area contributed by atoms with Crippen LogP contribution in [0.15, 0.2) is 42.7 Å². The number of hydrogen-bond acceptors (Lipinski definition) is 6. The van der Waals surface area contributed by atoms with Gasteiger partial charge in [0.05, 0.1) is 25.2 Å². The molecule has 2 aromatic rings. The highest BCUT2D eigenvalue weighted by Gasteiger charge is 2.22. The van der Waals surface area contributed by atoms with Crippen LogP contribution in [0.4, 0.5) is 5.82 Å². The molecular weight excluding hydrogens is 332 g/mol. The molecule has 7 heteroatoms. The SMILES string of the molecule is COc1cccc(CN2CC[C@@H](Nc3cnc(C=CC(=O)O)cn3)C2)c1. The number of benzene rings is 1. The Kier molecular flexibility index (Phi) is 5.80. The Morgan fingerprint density at radius 2 is 2.31 bits per heavy atom. The molecular formula is C19H22N4O3. The predicted molar refractivity (Wildman–Crippen MR) is 99.0 cm³/mol. The molecule has 0 saturated carbocycles. The monoisotopic (exact) mass is 354 g/mol. The van der Waals surface area contributed by atoms with Crippen molar-refractivity contribution in [3.63, 3.8) is 0 Å². The van der Waals surface area contributed by atoms with Gasteiger partial charge in [0.15, 0.2) is 0 Å². The van der Waals surface area contributed by atoms with Crippen LogP contribution in [0.2, 0.25) is 0 Å². The number of carboxylic acid groups (broad SMARTS) is 1. The highest BCUT2D eigenvalue weighted by Crippen LogP contribution is 2.19. The molecule has 0 unspecified atom stereocenters. The molecule has 0 bridgehead atoms. The van der Waals surface area contributed by atoms with Gasteiger partial charge in [-0.05, 0) is 30.2 Å². The summed E-state index contributed by atoms with van der Waals surface area (Å²) in [4.78, 5) is 21.4. The molecule has 0 spiro atoms. The molecule has 2 N–H and O–H groups in total. The maximum absolute atomic E-state index is 10.5. The first-order chi connectivity index (χ1) is 12.6. The molecule has 0 amide bonds. The Morgan fingerprint density at radius 1 is 1.42 bits per heavy atom. The molecule has 1 aliphatic heterocycles. The first-order valence-electron chi connectivity index (χ1n) is 8.47. The van der Waals surface area contributed by atoms with E-state index in [0.717, 1.165) is 37.9 Å². The predicted octanol–water partition coefficient (Wildman–Crippen LogP) is 2.27. The summed E-state index contributed by atoms with van der Waals surface area (Å²) in [5.41, 5.74) is 1.75. The number of anilines is 1. The van der Waals surface area contributed by atoms with Gasteiger partial charge in [0.2, 0.25) is 0 Å². The van der Waals surface area contributed by atoms with Gasteiger partial charge in [0, 0.05) is 31.8 Å². The molecule has 2 heterocycles. The minimum Gasteiger partial charge on any atom is -0.497 e. The summed E-state index contributed by atoms with van der Waals surface area (Å²) in [6.45, 7) is 2.83. The number of likely N-dealkylation sites (tertiary alicyclic amines) is 1. The molecule has 1 aliphatic rings. The Bertz CT molecular complexity index is 777. The smallest absolute Gasteiger partial charge is 0.328 e. The van der Waals surface area contributed by atoms with Crippen molar-refractivity contribution in [2.45, 2.75) is 19.0 Å². The Balaban J connectivity index is 1.51. The number of rotatable bonds is 7. The number of nitrogens with one attached hydrogen (secondary N) is 1. The summed E-state index contributed by atoms with van der Waals surface area (Å²) in [5.74, 6) is 0.575. The molecule has 3 rings (SSSR count). The third kappa shape index (κ3) is 5.03. The van der Waals surface area contributed by atoms with Gasteiger partial charge in [-0.2, -0.15) is 0 Å². The third-order valence-corrected chi connectivity index (χ3v) is 4.23. The third-order valence-electron chi connectivity index (χ3n) is 4.23. The van der Waals surface area contributed by atoms with Gasteiger partial charge < -0.3 is 15.2 Å². The molecule has 0 aliphatic carbocycles. The van der Waals surface area contributed by atoms with Gasteiger partial charge in [0.25, 0.3) is 0 Å². The molecule has 1 fully saturated rings. The number of ether oxygens (including phenoxy) is 1. The van der Waals surface area contributed by atoms with E-state index < -0.39 is 5.97 Å². The van der Waals surface area contributed by atoms with Crippen molar-refractivity contribution in [1.82, 2.24) is 14.9 Å². The highest BCUT2D eigenvalue weighted by atomic mass is 16.5. The lowest BCUT2D eigenvalue weighted by atomic mass is 10.2. The van der Waals surface area contributed by atoms with E-state index in [4.69, 9.17) is 9.84 Å². The van der Waals surface area contributed by atoms with Crippen molar-refractivity contribution in [3.05, 3.63) is 54.0 Å². The van der Waals surface area contributed by atoms with E-state index in [9.17, 15) is 4.79 Å². The fourth-order valence-electron chi connectivity index (χ4n) is 2.99. The summed E-state index contributed by atoms with van der Waals surface area (Å²) in [7, 11) is 1.68. The van der Waals surface area contributed by atoms with Crippen molar-refractivity contribution in [2.75, 3.05) is 25.5 Å². The van der Waals surface area contributed by atoms with Crippen LogP contribution in [0.25, 0.3) is 6.08 Å². The largest absolute Gasteiger partial charge is 0.497 e. The molecule has 1 atom stereocenters. The fraction of sp³-hybridized carbons (Fsp3) is 0.316. The lowest BCUT2D eigenvalue weighted by Gasteiger charge is -2.17. The number of aliphatic carboxylic acids is 1. The molecule has 1 aromatic carbocycles. The first-order valence-corrected chi connectivity index (χ1v) is 8.47. The Morgan fingerprint density at radius 3 is 3.04 bits per heavy atom. The number of methoxy groups -OCH3 is 1. The van der Waals surface area contributed by atoms with Crippen molar-refractivity contribution < 1.29 is 14.6 Å². The zero-order valence-corrected chi connectivity index (χ0v) is 14.6. The van der Waals surface area contributed by atoms with Crippen LogP contribution >= 0.6 is 0 Å². The first kappa shape index (κ1) is 17.9. The van der Waals surface area contributed by atoms with Gasteiger partial charge in [-0.25, -0.2) is 9.78 Å². The normalized spacial score (nSPS) is 17.5. The van der Waals surface area contributed by atoms with E-state index in [1.54, 1.807) is 19.5 Å². The summed E-state index contributed by atoms with van der Waals surface area (Å²) in [6, 6.07) is 8.45. The molecule has 26 heavy (non-hydrogen) atoms. The number of nitrogens with zero attached hydrogens (tertiary/aromatic N) is 3. The van der Waals surface area contributed by atoms with Crippen LogP contribution < -0.4 is 10.1 Å². The lowest BCUT2D eigenvalue weighted by molar-refractivity contribution is -0.131. The molecule has 0 radical (unpaired) electrons. The summed E-state index contributed by atoms with van der Waals surface area (Å²) in [6.07, 6.45) is 6.69. The zero-order chi connectivity index (χ0) is 18.4. The van der Waals surface area contributed by atoms with E-state index in [-0.39, 0.29) is 0 Å². The Hall–Kier alpha value is -2.93. The van der Waals surface area contributed by atoms with Gasteiger partial charge in [-0.15, -0.1) is 0 Å². The van der Waals surface area contributed by atoms with Crippen LogP contribution in [0, 0.1) is 0 Å². The van der Waals surface area contributed by atoms with Crippen LogP contribution in [-0.4, -0.2) is 52.2 Å². The van der Waals surface area contributed by atoms with Crippen molar-refractivity contribution in [2.24, 2.45) is 0 Å².